The van der Waals surface area contributed by atoms with Gasteiger partial charge in [0.25, 0.3) is 0 Å². The van der Waals surface area contributed by atoms with E-state index in [-0.39, 0.29) is 24.2 Å². The molecule has 0 radical (unpaired) electrons. The van der Waals surface area contributed by atoms with Crippen LogP contribution in [0.5, 0.6) is 0 Å². The molecule has 574 valence electrons. The zero-order chi connectivity index (χ0) is 83.3. The van der Waals surface area contributed by atoms with Gasteiger partial charge >= 0.3 is 17.9 Å². The molecule has 1 fully saturated rings. The van der Waals surface area contributed by atoms with Gasteiger partial charge in [0.2, 0.25) is 0 Å². The molecule has 3 aromatic heterocycles. The van der Waals surface area contributed by atoms with Crippen LogP contribution in [0.3, 0.4) is 0 Å². The number of hydrogen-bond donors (Lipinski definition) is 3. The fraction of sp³-hybridized carbons (Fsp3) is 0.265. The number of fused-ring (bicyclic) bond motifs is 3. The maximum Gasteiger partial charge on any atom is 0.328 e. The van der Waals surface area contributed by atoms with E-state index in [1.54, 1.807) is 18.2 Å². The number of aromatic nitrogens is 6. The molecule has 0 saturated heterocycles. The molecule has 113 heavy (non-hydrogen) atoms. The first kappa shape index (κ1) is 71.0. The third kappa shape index (κ3) is 18.2. The lowest BCUT2D eigenvalue weighted by molar-refractivity contribution is -0.132. The van der Waals surface area contributed by atoms with E-state index >= 15 is 0 Å². The number of rotatable bonds is 21. The van der Waals surface area contributed by atoms with Crippen molar-refractivity contribution in [2.45, 2.75) is 148 Å². The zero-order valence-electron chi connectivity index (χ0n) is 70.3. The van der Waals surface area contributed by atoms with E-state index in [0.717, 1.165) is 105 Å². The number of nitrogens with zero attached hydrogens (tertiary/aromatic N) is 9. The summed E-state index contributed by atoms with van der Waals surface area (Å²) in [6.07, 6.45) is 27.7. The number of carboxylic acids is 3. The number of aryl methyl sites for hydroxylation is 4. The third-order valence-corrected chi connectivity index (χ3v) is 22.1. The highest BCUT2D eigenvalue weighted by Crippen LogP contribution is 2.48. The van der Waals surface area contributed by atoms with Crippen LogP contribution >= 0.6 is 0 Å². The predicted molar refractivity (Wildman–Crippen MR) is 456 cm³/mol. The minimum Gasteiger partial charge on any atom is -0.478 e. The van der Waals surface area contributed by atoms with Crippen molar-refractivity contribution in [3.8, 4) is 33.4 Å². The Bertz CT molecular complexity index is 5650. The monoisotopic (exact) mass is 1500 g/mol. The van der Waals surface area contributed by atoms with Crippen molar-refractivity contribution < 1.29 is 36.6 Å². The number of hydrogen-bond acceptors (Lipinski definition) is 9. The Balaban J connectivity index is 0.000000146. The van der Waals surface area contributed by atoms with Crippen LogP contribution in [-0.4, -0.2) is 80.7 Å². The normalized spacial score (nSPS) is 18.7. The highest BCUT2D eigenvalue weighted by Gasteiger charge is 2.38. The van der Waals surface area contributed by atoms with Gasteiger partial charge in [-0.05, 0) is 239 Å². The Morgan fingerprint density at radius 1 is 0.451 bits per heavy atom. The van der Waals surface area contributed by atoms with Gasteiger partial charge in [-0.3, -0.25) is 14.0 Å². The van der Waals surface area contributed by atoms with Gasteiger partial charge in [-0.25, -0.2) is 14.4 Å². The molecule has 3 N–H and O–H groups in total. The summed E-state index contributed by atoms with van der Waals surface area (Å²) in [5.74, 6) is -1.58. The summed E-state index contributed by atoms with van der Waals surface area (Å²) in [7, 11) is 3.89. The van der Waals surface area contributed by atoms with Gasteiger partial charge < -0.3 is 30.0 Å². The van der Waals surface area contributed by atoms with E-state index in [9.17, 15) is 14.4 Å². The molecule has 4 aliphatic rings. The molecule has 1 aliphatic carbocycles. The maximum absolute atomic E-state index is 11.0. The highest BCUT2D eigenvalue weighted by molar-refractivity contribution is 5.86. The van der Waals surface area contributed by atoms with E-state index in [1.807, 2.05) is 78.3 Å². The summed E-state index contributed by atoms with van der Waals surface area (Å²) >= 11 is 0. The van der Waals surface area contributed by atoms with Gasteiger partial charge in [-0.2, -0.15) is 15.3 Å². The van der Waals surface area contributed by atoms with Gasteiger partial charge in [0.05, 0.1) is 39.5 Å². The van der Waals surface area contributed by atoms with Crippen LogP contribution in [0.15, 0.2) is 256 Å². The van der Waals surface area contributed by atoms with Crippen LogP contribution in [0.1, 0.15) is 182 Å². The number of anilines is 3. The fourth-order valence-electron chi connectivity index (χ4n) is 16.7. The largest absolute Gasteiger partial charge is 0.478 e. The average molecular weight is 1510 g/mol. The Morgan fingerprint density at radius 3 is 1.12 bits per heavy atom. The fourth-order valence-corrected chi connectivity index (χ4v) is 16.7. The molecule has 6 heterocycles. The van der Waals surface area contributed by atoms with Gasteiger partial charge in [0, 0.05) is 113 Å². The highest BCUT2D eigenvalue weighted by atomic mass is 16.4. The molecule has 6 atom stereocenters. The van der Waals surface area contributed by atoms with E-state index in [0.29, 0.717) is 29.5 Å². The first-order valence-electron chi connectivity index (χ1n) is 41.7. The number of carbonyl (C=O) groups is 3. The van der Waals surface area contributed by atoms with Crippen molar-refractivity contribution in [2.24, 2.45) is 20.0 Å². The molecule has 12 aromatic rings. The summed E-state index contributed by atoms with van der Waals surface area (Å²) in [4.78, 5) is 40.5. The van der Waals surface area contributed by atoms with Crippen molar-refractivity contribution in [2.75, 3.05) is 14.7 Å². The molecular weight excluding hydrogens is 1400 g/mol. The third-order valence-electron chi connectivity index (χ3n) is 22.1. The Hall–Kier alpha value is -12.4. The van der Waals surface area contributed by atoms with Gasteiger partial charge in [0.15, 0.2) is 0 Å². The minimum absolute atomic E-state index is 0.0464. The van der Waals surface area contributed by atoms with Crippen molar-refractivity contribution in [1.29, 1.82) is 0 Å². The lowest BCUT2D eigenvalue weighted by atomic mass is 9.83. The van der Waals surface area contributed by atoms with Crippen molar-refractivity contribution in [3.05, 3.63) is 339 Å². The van der Waals surface area contributed by atoms with E-state index in [1.165, 1.54) is 110 Å². The summed E-state index contributed by atoms with van der Waals surface area (Å²) in [6.45, 7) is 8.06. The smallest absolute Gasteiger partial charge is 0.328 e. The van der Waals surface area contributed by atoms with Crippen LogP contribution in [0.4, 0.5) is 17.1 Å². The molecular formula is C98H101N9O6. The topological polar surface area (TPSA) is 175 Å². The Morgan fingerprint density at radius 2 is 0.796 bits per heavy atom. The zero-order valence-corrected chi connectivity index (χ0v) is 65.3. The molecule has 16 rings (SSSR count). The predicted octanol–water partition coefficient (Wildman–Crippen LogP) is 20.7. The molecule has 0 spiro atoms. The van der Waals surface area contributed by atoms with Crippen LogP contribution in [0.2, 0.25) is 0 Å². The second-order valence-corrected chi connectivity index (χ2v) is 31.0. The lowest BCUT2D eigenvalue weighted by Gasteiger charge is -2.44. The Kier molecular flexibility index (Phi) is 21.7. The summed E-state index contributed by atoms with van der Waals surface area (Å²) in [5, 5.41) is 39.8. The lowest BCUT2D eigenvalue weighted by Crippen LogP contribution is -2.42. The van der Waals surface area contributed by atoms with E-state index in [2.05, 4.69) is 242 Å². The molecule has 4 unspecified atom stereocenters. The molecule has 9 aromatic carbocycles. The van der Waals surface area contributed by atoms with Crippen LogP contribution in [0.25, 0.3) is 51.6 Å². The summed E-state index contributed by atoms with van der Waals surface area (Å²) in [5.41, 5.74) is 27.4. The van der Waals surface area contributed by atoms with Gasteiger partial charge in [0.1, 0.15) is 0 Å². The Labute approximate surface area is 671 Å². The van der Waals surface area contributed by atoms with Crippen LogP contribution in [0, 0.1) is 5.92 Å². The molecule has 15 nitrogen and oxygen atoms in total. The first-order chi connectivity index (χ1) is 56.6. The van der Waals surface area contributed by atoms with Gasteiger partial charge in [-0.15, -0.1) is 0 Å². The molecule has 1 saturated carbocycles. The molecule has 15 heteroatoms. The van der Waals surface area contributed by atoms with Crippen molar-refractivity contribution >= 4 is 53.2 Å². The second kappa shape index (κ2) is 34.5. The van der Waals surface area contributed by atoms with Gasteiger partial charge in [-0.1, -0.05) is 191 Å². The molecule has 0 amide bonds. The summed E-state index contributed by atoms with van der Waals surface area (Å²) < 4.78 is 43.4. The average Bonchev–Trinajstić information content (AvgIpc) is 0.868. The standard InChI is InChI=1S/C33H33N3O2.C33H35N3O2.C32H33N3O2/c1-3-35-21-29(20-34-35)27-13-16-31-28(19-27)18-22(2)36(30-14-11-25(12-15-30)24-9-10-24)33(31)26-7-4-23(5-8-26)6-17-32(37)38;1-22(2)17-25-7-13-30(14-8-25)36-23(3)18-28-19-27(29-20-34-35(4)21-29)12-15-31(28)33(36)26-10-5-24(6-11-26)9-16-32(37)38;1-4-5-23-8-14-29(15-9-23)35-22(2)18-27-19-26(28-20-33-34(3)21-28)13-16-30(27)32(35)25-11-6-24(7-12-25)10-17-31(36)37/h4-8,11-17,19-22,24,33H,3,9-10,18H2,1-2H3,(H,37,38);5-16,19-23,33H,17-18H2,1-4H3,(H,37,38);6-17,19-22,32H,4-5,18H2,1-3H3,(H,36,37)/b17-6+;16-9+;17-10+/t22-,33-;;/m1../s1/i1D3,3D2;;. The number of carboxylic acid groups (broad SMARTS) is 3. The SMILES string of the molecule is CC(C)Cc1ccc(N2C(C)Cc3cc(-c4cnn(C)c4)ccc3C2c2ccc(/C=C/C(=O)O)cc2)cc1.CCCc1ccc(N2C(C)Cc3cc(-c4cnn(C)c4)ccc3C2c2ccc(/C=C/C(=O)O)cc2)cc1.[2H]C([2H])([2H])C([2H])([2H])n1cc(-c2ccc3c(c2)C[C@@H](C)N(c2ccc(C4CC4)cc2)[C@@H]3c2ccc(/C=C/C(=O)O)cc2)cn1. The molecule has 3 aliphatic heterocycles. The number of benzene rings is 9. The summed E-state index contributed by atoms with van der Waals surface area (Å²) in [6, 6.07) is 72.0. The minimum atomic E-state index is -2.85. The first-order valence-corrected chi connectivity index (χ1v) is 39.2. The molecule has 0 bridgehead atoms. The quantitative estimate of drug-likeness (QED) is 0.0582. The number of aliphatic carboxylic acids is 3. The van der Waals surface area contributed by atoms with Crippen molar-refractivity contribution in [3.63, 3.8) is 0 Å². The van der Waals surface area contributed by atoms with Crippen LogP contribution in [-0.2, 0) is 67.1 Å². The van der Waals surface area contributed by atoms with Crippen molar-refractivity contribution in [1.82, 2.24) is 29.3 Å². The second-order valence-electron chi connectivity index (χ2n) is 31.0. The maximum atomic E-state index is 11.0. The van der Waals surface area contributed by atoms with E-state index < -0.39 is 31.3 Å². The van der Waals surface area contributed by atoms with E-state index in [4.69, 9.17) is 22.2 Å². The van der Waals surface area contributed by atoms with Crippen LogP contribution < -0.4 is 14.7 Å².